The Morgan fingerprint density at radius 3 is 1.16 bits per heavy atom. The second kappa shape index (κ2) is 24.4. The number of aliphatic carboxylic acids is 3. The molecule has 0 saturated carbocycles. The van der Waals surface area contributed by atoms with Crippen molar-refractivity contribution in [2.75, 3.05) is 26.2 Å². The first kappa shape index (κ1) is 35.1. The largest absolute Gasteiger partial charge is 0.481 e. The van der Waals surface area contributed by atoms with E-state index >= 15 is 0 Å². The highest BCUT2D eigenvalue weighted by Gasteiger charge is 2.29. The van der Waals surface area contributed by atoms with Crippen molar-refractivity contribution in [2.45, 2.75) is 135 Å². The van der Waals surface area contributed by atoms with Crippen LogP contribution in [0.1, 0.15) is 135 Å². The number of carbonyl (C=O) groups is 3. The minimum atomic E-state index is -0.936. The molecule has 7 heteroatoms. The van der Waals surface area contributed by atoms with E-state index in [9.17, 15) is 14.4 Å². The average molecular weight is 527 g/mol. The topological polar surface area (TPSA) is 112 Å². The van der Waals surface area contributed by atoms with Crippen LogP contribution in [-0.4, -0.2) is 63.9 Å². The molecule has 0 unspecified atom stereocenters. The second-order valence-corrected chi connectivity index (χ2v) is 10.7. The smallest absolute Gasteiger partial charge is 0.309 e. The summed E-state index contributed by atoms with van der Waals surface area (Å²) in [6, 6.07) is 0. The lowest BCUT2D eigenvalue weighted by molar-refractivity contribution is -0.927. The van der Waals surface area contributed by atoms with Gasteiger partial charge in [0.05, 0.1) is 45.4 Å². The molecule has 216 valence electrons. The number of nitrogens with zero attached hydrogens (tertiary/aromatic N) is 1. The number of allylic oxidation sites excluding steroid dienone is 2. The molecule has 0 spiro atoms. The number of rotatable bonds is 28. The van der Waals surface area contributed by atoms with E-state index in [0.29, 0.717) is 6.54 Å². The third-order valence-electron chi connectivity index (χ3n) is 7.29. The summed E-state index contributed by atoms with van der Waals surface area (Å²) in [6.07, 6.45) is 25.6. The summed E-state index contributed by atoms with van der Waals surface area (Å²) in [5, 5.41) is 27.4. The van der Waals surface area contributed by atoms with Gasteiger partial charge in [-0.3, -0.25) is 14.4 Å². The zero-order valence-corrected chi connectivity index (χ0v) is 23.6. The molecular formula is C30H56NO6+. The van der Waals surface area contributed by atoms with E-state index in [4.69, 9.17) is 15.3 Å². The predicted molar refractivity (Wildman–Crippen MR) is 150 cm³/mol. The number of hydrogen-bond donors (Lipinski definition) is 3. The van der Waals surface area contributed by atoms with Gasteiger partial charge in [0, 0.05) is 0 Å². The quantitative estimate of drug-likeness (QED) is 0.0555. The van der Waals surface area contributed by atoms with Crippen LogP contribution in [0, 0.1) is 0 Å². The Bertz CT molecular complexity index is 574. The fourth-order valence-electron chi connectivity index (χ4n) is 4.89. The van der Waals surface area contributed by atoms with Crippen LogP contribution in [0.25, 0.3) is 0 Å². The highest BCUT2D eigenvalue weighted by molar-refractivity contribution is 5.67. The summed E-state index contributed by atoms with van der Waals surface area (Å²) in [5.41, 5.74) is 0. The van der Waals surface area contributed by atoms with Crippen LogP contribution in [0.4, 0.5) is 0 Å². The molecule has 0 aromatic rings. The first-order chi connectivity index (χ1) is 17.8. The summed E-state index contributed by atoms with van der Waals surface area (Å²) in [4.78, 5) is 33.4. The van der Waals surface area contributed by atoms with E-state index < -0.39 is 17.9 Å². The molecule has 7 nitrogen and oxygen atoms in total. The molecule has 0 aliphatic rings. The molecule has 0 bridgehead atoms. The number of unbranched alkanes of at least 4 members (excludes halogenated alkanes) is 15. The Kier molecular flexibility index (Phi) is 23.2. The van der Waals surface area contributed by atoms with Gasteiger partial charge in [-0.15, -0.1) is 0 Å². The Morgan fingerprint density at radius 2 is 0.811 bits per heavy atom. The van der Waals surface area contributed by atoms with Crippen molar-refractivity contribution in [3.63, 3.8) is 0 Å². The van der Waals surface area contributed by atoms with Crippen LogP contribution in [0.5, 0.6) is 0 Å². The second-order valence-electron chi connectivity index (χ2n) is 10.7. The molecule has 0 fully saturated rings. The number of carboxylic acids is 3. The van der Waals surface area contributed by atoms with E-state index in [1.807, 2.05) is 0 Å². The van der Waals surface area contributed by atoms with Gasteiger partial charge < -0.3 is 19.8 Å². The van der Waals surface area contributed by atoms with Gasteiger partial charge >= 0.3 is 17.9 Å². The average Bonchev–Trinajstić information content (AvgIpc) is 2.85. The maximum atomic E-state index is 11.1. The van der Waals surface area contributed by atoms with Crippen LogP contribution < -0.4 is 0 Å². The predicted octanol–water partition coefficient (Wildman–Crippen LogP) is 7.44. The summed E-state index contributed by atoms with van der Waals surface area (Å²) < 4.78 is 0.257. The SMILES string of the molecule is CCCCCCCCCCCC/C=C/CCCCCCC[N+](CCC(=O)O)(CCC(=O)O)CCC(=O)O. The van der Waals surface area contributed by atoms with Gasteiger partial charge in [-0.2, -0.15) is 0 Å². The van der Waals surface area contributed by atoms with Crippen molar-refractivity contribution in [1.82, 2.24) is 0 Å². The fraction of sp³-hybridized carbons (Fsp3) is 0.833. The van der Waals surface area contributed by atoms with Gasteiger partial charge in [0.15, 0.2) is 0 Å². The van der Waals surface area contributed by atoms with Crippen LogP contribution in [0.2, 0.25) is 0 Å². The van der Waals surface area contributed by atoms with Crippen LogP contribution in [0.3, 0.4) is 0 Å². The molecule has 37 heavy (non-hydrogen) atoms. The molecular weight excluding hydrogens is 470 g/mol. The first-order valence-corrected chi connectivity index (χ1v) is 15.0. The Morgan fingerprint density at radius 1 is 0.486 bits per heavy atom. The molecule has 0 aliphatic carbocycles. The van der Waals surface area contributed by atoms with Crippen molar-refractivity contribution in [2.24, 2.45) is 0 Å². The van der Waals surface area contributed by atoms with Gasteiger partial charge in [0.1, 0.15) is 0 Å². The third-order valence-corrected chi connectivity index (χ3v) is 7.29. The summed E-state index contributed by atoms with van der Waals surface area (Å²) >= 11 is 0. The van der Waals surface area contributed by atoms with E-state index in [2.05, 4.69) is 19.1 Å². The van der Waals surface area contributed by atoms with E-state index in [1.165, 1.54) is 70.6 Å². The highest BCUT2D eigenvalue weighted by atomic mass is 16.4. The van der Waals surface area contributed by atoms with E-state index in [1.54, 1.807) is 0 Å². The molecule has 3 N–H and O–H groups in total. The third kappa shape index (κ3) is 24.2. The fourth-order valence-corrected chi connectivity index (χ4v) is 4.89. The Balaban J connectivity index is 3.99. The molecule has 0 aromatic carbocycles. The van der Waals surface area contributed by atoms with Crippen molar-refractivity contribution in [3.8, 4) is 0 Å². The van der Waals surface area contributed by atoms with Gasteiger partial charge in [-0.05, 0) is 38.5 Å². The van der Waals surface area contributed by atoms with Crippen molar-refractivity contribution < 1.29 is 34.2 Å². The number of carboxylic acid groups (broad SMARTS) is 3. The highest BCUT2D eigenvalue weighted by Crippen LogP contribution is 2.17. The Hall–Kier alpha value is -1.89. The van der Waals surface area contributed by atoms with Gasteiger partial charge in [0.2, 0.25) is 0 Å². The van der Waals surface area contributed by atoms with E-state index in [-0.39, 0.29) is 43.4 Å². The standard InChI is InChI=1S/C30H55NO6/c1-2-3-4-5-6-7-8-9-10-11-12-13-14-15-16-17-18-19-20-24-31(25-21-28(32)33,26-22-29(34)35)27-23-30(36)37/h13-14H,2-12,15-27H2,1H3,(H2-,32,33,34,35,36,37)/p+1/b14-13+. The molecule has 0 amide bonds. The van der Waals surface area contributed by atoms with E-state index in [0.717, 1.165) is 38.5 Å². The minimum absolute atomic E-state index is 0.0787. The lowest BCUT2D eigenvalue weighted by atomic mass is 10.1. The molecule has 0 aromatic heterocycles. The van der Waals surface area contributed by atoms with Crippen LogP contribution in [0.15, 0.2) is 12.2 Å². The minimum Gasteiger partial charge on any atom is -0.481 e. The summed E-state index contributed by atoms with van der Waals surface area (Å²) in [6.45, 7) is 3.73. The monoisotopic (exact) mass is 526 g/mol. The van der Waals surface area contributed by atoms with Crippen LogP contribution in [-0.2, 0) is 14.4 Å². The van der Waals surface area contributed by atoms with Crippen molar-refractivity contribution in [1.29, 1.82) is 0 Å². The first-order valence-electron chi connectivity index (χ1n) is 15.0. The van der Waals surface area contributed by atoms with Crippen molar-refractivity contribution in [3.05, 3.63) is 12.2 Å². The summed E-state index contributed by atoms with van der Waals surface area (Å²) in [5.74, 6) is -2.81. The van der Waals surface area contributed by atoms with Gasteiger partial charge in [-0.1, -0.05) is 89.7 Å². The molecule has 0 aliphatic heterocycles. The van der Waals surface area contributed by atoms with Gasteiger partial charge in [0.25, 0.3) is 0 Å². The molecule has 0 heterocycles. The maximum absolute atomic E-state index is 11.1. The molecule has 0 saturated heterocycles. The molecule has 0 radical (unpaired) electrons. The number of hydrogen-bond acceptors (Lipinski definition) is 3. The molecule has 0 rings (SSSR count). The Labute approximate surface area is 225 Å². The van der Waals surface area contributed by atoms with Gasteiger partial charge in [-0.25, -0.2) is 0 Å². The number of quaternary nitrogens is 1. The lowest BCUT2D eigenvalue weighted by Gasteiger charge is -2.38. The normalized spacial score (nSPS) is 11.8. The maximum Gasteiger partial charge on any atom is 0.309 e. The molecule has 0 atom stereocenters. The van der Waals surface area contributed by atoms with Crippen molar-refractivity contribution >= 4 is 17.9 Å². The lowest BCUT2D eigenvalue weighted by Crippen LogP contribution is -2.52. The van der Waals surface area contributed by atoms with Crippen LogP contribution >= 0.6 is 0 Å². The summed E-state index contributed by atoms with van der Waals surface area (Å²) in [7, 11) is 0. The zero-order valence-electron chi connectivity index (χ0n) is 23.6. The zero-order chi connectivity index (χ0) is 27.6.